The molecule has 1 aromatic rings. The molecule has 1 unspecified atom stereocenters. The lowest BCUT2D eigenvalue weighted by Gasteiger charge is -2.33. The van der Waals surface area contributed by atoms with Crippen LogP contribution in [0.4, 0.5) is 0 Å². The molecule has 5 nitrogen and oxygen atoms in total. The van der Waals surface area contributed by atoms with Crippen molar-refractivity contribution in [3.63, 3.8) is 0 Å². The fraction of sp³-hybridized carbons (Fsp3) is 0.682. The van der Waals surface area contributed by atoms with Crippen LogP contribution in [0, 0.1) is 5.92 Å². The first kappa shape index (κ1) is 18.8. The molecule has 1 aromatic carbocycles. The van der Waals surface area contributed by atoms with Crippen molar-refractivity contribution in [2.24, 2.45) is 10.9 Å². The van der Waals surface area contributed by atoms with Crippen LogP contribution in [-0.2, 0) is 6.54 Å². The molecule has 1 saturated carbocycles. The molecule has 0 amide bonds. The number of likely N-dealkylation sites (tertiary alicyclic amines) is 2. The van der Waals surface area contributed by atoms with Crippen molar-refractivity contribution in [3.8, 4) is 0 Å². The minimum atomic E-state index is 0.537. The minimum absolute atomic E-state index is 0.537. The quantitative estimate of drug-likeness (QED) is 0.596. The van der Waals surface area contributed by atoms with E-state index in [0.717, 1.165) is 44.1 Å². The van der Waals surface area contributed by atoms with Gasteiger partial charge in [0.15, 0.2) is 5.96 Å². The molecule has 5 heteroatoms. The van der Waals surface area contributed by atoms with Gasteiger partial charge in [-0.15, -0.1) is 0 Å². The normalized spacial score (nSPS) is 25.7. The number of piperidine rings is 1. The van der Waals surface area contributed by atoms with E-state index in [1.807, 2.05) is 7.05 Å². The lowest BCUT2D eigenvalue weighted by Crippen LogP contribution is -2.49. The van der Waals surface area contributed by atoms with Gasteiger partial charge in [-0.2, -0.15) is 0 Å². The molecule has 2 saturated heterocycles. The lowest BCUT2D eigenvalue weighted by atomic mass is 10.0. The topological polar surface area (TPSA) is 42.9 Å². The van der Waals surface area contributed by atoms with Crippen molar-refractivity contribution in [3.05, 3.63) is 35.9 Å². The molecule has 0 aromatic heterocycles. The summed E-state index contributed by atoms with van der Waals surface area (Å²) in [5, 5.41) is 7.25. The van der Waals surface area contributed by atoms with Gasteiger partial charge in [0.05, 0.1) is 0 Å². The van der Waals surface area contributed by atoms with Crippen molar-refractivity contribution in [1.82, 2.24) is 20.4 Å². The third-order valence-corrected chi connectivity index (χ3v) is 6.34. The monoisotopic (exact) mass is 369 g/mol. The first-order valence-electron chi connectivity index (χ1n) is 10.8. The predicted molar refractivity (Wildman–Crippen MR) is 112 cm³/mol. The molecular formula is C22H35N5. The number of aliphatic imine (C=N–C) groups is 1. The molecule has 27 heavy (non-hydrogen) atoms. The first-order valence-corrected chi connectivity index (χ1v) is 10.8. The van der Waals surface area contributed by atoms with Crippen LogP contribution in [0.1, 0.15) is 37.7 Å². The Labute approximate surface area is 164 Å². The summed E-state index contributed by atoms with van der Waals surface area (Å²) >= 11 is 0. The van der Waals surface area contributed by atoms with E-state index >= 15 is 0 Å². The van der Waals surface area contributed by atoms with Gasteiger partial charge in [-0.05, 0) is 50.1 Å². The Morgan fingerprint density at radius 2 is 1.81 bits per heavy atom. The molecule has 0 spiro atoms. The zero-order valence-corrected chi connectivity index (χ0v) is 16.7. The molecule has 2 aliphatic heterocycles. The second-order valence-corrected chi connectivity index (χ2v) is 8.51. The predicted octanol–water partition coefficient (Wildman–Crippen LogP) is 2.30. The largest absolute Gasteiger partial charge is 0.356 e. The van der Waals surface area contributed by atoms with E-state index < -0.39 is 0 Å². The molecule has 1 atom stereocenters. The number of guanidine groups is 1. The summed E-state index contributed by atoms with van der Waals surface area (Å²) in [5.74, 6) is 1.76. The van der Waals surface area contributed by atoms with Crippen molar-refractivity contribution in [2.45, 2.75) is 50.7 Å². The summed E-state index contributed by atoms with van der Waals surface area (Å²) in [6, 6.07) is 12.3. The fourth-order valence-electron chi connectivity index (χ4n) is 4.51. The number of benzene rings is 1. The Morgan fingerprint density at radius 3 is 2.52 bits per heavy atom. The van der Waals surface area contributed by atoms with Crippen molar-refractivity contribution in [1.29, 1.82) is 0 Å². The summed E-state index contributed by atoms with van der Waals surface area (Å²) in [7, 11) is 1.89. The summed E-state index contributed by atoms with van der Waals surface area (Å²) in [4.78, 5) is 9.71. The Hall–Kier alpha value is -1.59. The van der Waals surface area contributed by atoms with Crippen LogP contribution in [0.3, 0.4) is 0 Å². The van der Waals surface area contributed by atoms with Gasteiger partial charge in [-0.3, -0.25) is 9.89 Å². The van der Waals surface area contributed by atoms with Crippen LogP contribution in [0.5, 0.6) is 0 Å². The molecule has 4 rings (SSSR count). The van der Waals surface area contributed by atoms with Gasteiger partial charge in [0.25, 0.3) is 0 Å². The standard InChI is InChI=1S/C22H35N5/c1-23-22(24-15-19-9-14-27(17-19)21-7-8-21)25-20-10-12-26(13-11-20)16-18-5-3-2-4-6-18/h2-6,19-21H,7-17H2,1H3,(H2,23,24,25). The zero-order valence-electron chi connectivity index (χ0n) is 16.7. The summed E-state index contributed by atoms with van der Waals surface area (Å²) in [6.07, 6.45) is 6.55. The highest BCUT2D eigenvalue weighted by molar-refractivity contribution is 5.79. The highest BCUT2D eigenvalue weighted by atomic mass is 15.2. The Kier molecular flexibility index (Phi) is 6.30. The Balaban J connectivity index is 1.15. The number of nitrogens with one attached hydrogen (secondary N) is 2. The van der Waals surface area contributed by atoms with E-state index in [1.165, 1.54) is 50.8 Å². The van der Waals surface area contributed by atoms with Gasteiger partial charge in [0.1, 0.15) is 0 Å². The Bertz CT molecular complexity index is 604. The molecule has 0 bridgehead atoms. The molecule has 2 heterocycles. The maximum absolute atomic E-state index is 4.46. The molecule has 0 radical (unpaired) electrons. The summed E-state index contributed by atoms with van der Waals surface area (Å²) < 4.78 is 0. The molecule has 148 valence electrons. The van der Waals surface area contributed by atoms with Gasteiger partial charge in [-0.25, -0.2) is 0 Å². The van der Waals surface area contributed by atoms with Crippen LogP contribution in [0.25, 0.3) is 0 Å². The SMILES string of the molecule is CN=C(NCC1CCN(C2CC2)C1)NC1CCN(Cc2ccccc2)CC1. The van der Waals surface area contributed by atoms with Crippen LogP contribution in [0.15, 0.2) is 35.3 Å². The third-order valence-electron chi connectivity index (χ3n) is 6.34. The van der Waals surface area contributed by atoms with Crippen LogP contribution >= 0.6 is 0 Å². The molecule has 2 N–H and O–H groups in total. The van der Waals surface area contributed by atoms with E-state index in [-0.39, 0.29) is 0 Å². The van der Waals surface area contributed by atoms with Gasteiger partial charge < -0.3 is 15.5 Å². The maximum atomic E-state index is 4.46. The Morgan fingerprint density at radius 1 is 1.04 bits per heavy atom. The van der Waals surface area contributed by atoms with E-state index in [1.54, 1.807) is 0 Å². The number of hydrogen-bond acceptors (Lipinski definition) is 3. The third kappa shape index (κ3) is 5.45. The smallest absolute Gasteiger partial charge is 0.191 e. The molecule has 3 fully saturated rings. The number of rotatable bonds is 6. The second-order valence-electron chi connectivity index (χ2n) is 8.51. The lowest BCUT2D eigenvalue weighted by molar-refractivity contribution is 0.198. The van der Waals surface area contributed by atoms with E-state index in [0.29, 0.717) is 6.04 Å². The van der Waals surface area contributed by atoms with Gasteiger partial charge in [0, 0.05) is 51.9 Å². The van der Waals surface area contributed by atoms with Crippen LogP contribution < -0.4 is 10.6 Å². The van der Waals surface area contributed by atoms with Gasteiger partial charge in [0.2, 0.25) is 0 Å². The van der Waals surface area contributed by atoms with Crippen molar-refractivity contribution in [2.75, 3.05) is 39.8 Å². The van der Waals surface area contributed by atoms with Crippen molar-refractivity contribution >= 4 is 5.96 Å². The summed E-state index contributed by atoms with van der Waals surface area (Å²) in [6.45, 7) is 7.00. The summed E-state index contributed by atoms with van der Waals surface area (Å²) in [5.41, 5.74) is 1.41. The number of nitrogens with zero attached hydrogens (tertiary/aromatic N) is 3. The highest BCUT2D eigenvalue weighted by Crippen LogP contribution is 2.31. The van der Waals surface area contributed by atoms with Gasteiger partial charge >= 0.3 is 0 Å². The molecule has 3 aliphatic rings. The average molecular weight is 370 g/mol. The van der Waals surface area contributed by atoms with Crippen LogP contribution in [-0.4, -0.2) is 67.6 Å². The second kappa shape index (κ2) is 9.07. The van der Waals surface area contributed by atoms with E-state index in [9.17, 15) is 0 Å². The van der Waals surface area contributed by atoms with Crippen LogP contribution in [0.2, 0.25) is 0 Å². The van der Waals surface area contributed by atoms with E-state index in [4.69, 9.17) is 0 Å². The maximum Gasteiger partial charge on any atom is 0.191 e. The first-order chi connectivity index (χ1) is 13.3. The van der Waals surface area contributed by atoms with Gasteiger partial charge in [-0.1, -0.05) is 30.3 Å². The average Bonchev–Trinajstić information content (AvgIpc) is 3.45. The fourth-order valence-corrected chi connectivity index (χ4v) is 4.51. The van der Waals surface area contributed by atoms with Crippen molar-refractivity contribution < 1.29 is 0 Å². The zero-order chi connectivity index (χ0) is 18.5. The molecular weight excluding hydrogens is 334 g/mol. The minimum Gasteiger partial charge on any atom is -0.356 e. The number of hydrogen-bond donors (Lipinski definition) is 2. The van der Waals surface area contributed by atoms with E-state index in [2.05, 4.69) is 55.8 Å². The highest BCUT2D eigenvalue weighted by Gasteiger charge is 2.34. The molecule has 1 aliphatic carbocycles.